The van der Waals surface area contributed by atoms with Gasteiger partial charge in [0.05, 0.1) is 12.2 Å². The molecule has 0 saturated heterocycles. The first-order valence-electron chi connectivity index (χ1n) is 14.8. The average Bonchev–Trinajstić information content (AvgIpc) is 2.93. The number of allylic oxidation sites excluding steroid dienone is 1. The van der Waals surface area contributed by atoms with Crippen LogP contribution < -0.4 is 9.47 Å². The Bertz CT molecular complexity index is 892. The molecular formula is C34H48O3. The first-order valence-corrected chi connectivity index (χ1v) is 14.8. The van der Waals surface area contributed by atoms with Crippen molar-refractivity contribution in [1.29, 1.82) is 0 Å². The maximum atomic E-state index is 12.5. The van der Waals surface area contributed by atoms with Gasteiger partial charge < -0.3 is 9.47 Å². The van der Waals surface area contributed by atoms with Gasteiger partial charge in [-0.1, -0.05) is 89.3 Å². The Morgan fingerprint density at radius 3 is 2.14 bits per heavy atom. The van der Waals surface area contributed by atoms with Crippen molar-refractivity contribution >= 4 is 5.97 Å². The number of carbonyl (C=O) groups is 1. The zero-order valence-corrected chi connectivity index (χ0v) is 23.1. The zero-order chi connectivity index (χ0) is 26.1. The predicted octanol–water partition coefficient (Wildman–Crippen LogP) is 9.74. The minimum atomic E-state index is -0.340. The molecule has 3 rings (SSSR count). The SMILES string of the molecule is C=CCCCCOc1ccc(C(=O)Oc2ccc(CCC3CCC(CCCCCCC)CC3)cc2)cc1. The fourth-order valence-corrected chi connectivity index (χ4v) is 5.37. The number of ether oxygens (including phenoxy) is 2. The highest BCUT2D eigenvalue weighted by Gasteiger charge is 2.20. The third-order valence-electron chi connectivity index (χ3n) is 7.82. The molecule has 0 aliphatic heterocycles. The van der Waals surface area contributed by atoms with Crippen LogP contribution in [0.4, 0.5) is 0 Å². The van der Waals surface area contributed by atoms with Gasteiger partial charge in [-0.2, -0.15) is 0 Å². The number of esters is 1. The first kappa shape index (κ1) is 29.0. The maximum Gasteiger partial charge on any atom is 0.343 e. The van der Waals surface area contributed by atoms with Crippen LogP contribution in [0.25, 0.3) is 0 Å². The maximum absolute atomic E-state index is 12.5. The van der Waals surface area contributed by atoms with Crippen molar-refractivity contribution in [2.45, 2.75) is 103 Å². The molecule has 3 heteroatoms. The van der Waals surface area contributed by atoms with Crippen molar-refractivity contribution in [2.24, 2.45) is 11.8 Å². The van der Waals surface area contributed by atoms with E-state index in [1.807, 2.05) is 30.3 Å². The summed E-state index contributed by atoms with van der Waals surface area (Å²) in [5, 5.41) is 0. The van der Waals surface area contributed by atoms with E-state index in [2.05, 4.69) is 25.6 Å². The van der Waals surface area contributed by atoms with Crippen LogP contribution in [-0.2, 0) is 6.42 Å². The molecule has 2 aromatic carbocycles. The molecule has 0 bridgehead atoms. The summed E-state index contributed by atoms with van der Waals surface area (Å²) in [7, 11) is 0. The van der Waals surface area contributed by atoms with Crippen LogP contribution in [0.15, 0.2) is 61.2 Å². The second-order valence-corrected chi connectivity index (χ2v) is 10.8. The molecule has 0 heterocycles. The lowest BCUT2D eigenvalue weighted by molar-refractivity contribution is 0.0734. The van der Waals surface area contributed by atoms with Crippen molar-refractivity contribution in [1.82, 2.24) is 0 Å². The summed E-state index contributed by atoms with van der Waals surface area (Å²) in [5.41, 5.74) is 1.85. The smallest absolute Gasteiger partial charge is 0.343 e. The van der Waals surface area contributed by atoms with Crippen LogP contribution >= 0.6 is 0 Å². The zero-order valence-electron chi connectivity index (χ0n) is 23.1. The molecule has 0 unspecified atom stereocenters. The van der Waals surface area contributed by atoms with Gasteiger partial charge in [-0.3, -0.25) is 0 Å². The number of hydrogen-bond acceptors (Lipinski definition) is 3. The van der Waals surface area contributed by atoms with E-state index in [-0.39, 0.29) is 5.97 Å². The lowest BCUT2D eigenvalue weighted by atomic mass is 9.78. The minimum absolute atomic E-state index is 0.340. The van der Waals surface area contributed by atoms with E-state index in [0.717, 1.165) is 43.3 Å². The normalized spacial score (nSPS) is 17.3. The summed E-state index contributed by atoms with van der Waals surface area (Å²) < 4.78 is 11.3. The fraction of sp³-hybridized carbons (Fsp3) is 0.559. The van der Waals surface area contributed by atoms with Gasteiger partial charge in [-0.25, -0.2) is 4.79 Å². The Kier molecular flexibility index (Phi) is 13.4. The topological polar surface area (TPSA) is 35.5 Å². The molecule has 37 heavy (non-hydrogen) atoms. The molecule has 1 aliphatic rings. The van der Waals surface area contributed by atoms with E-state index in [4.69, 9.17) is 9.47 Å². The van der Waals surface area contributed by atoms with E-state index < -0.39 is 0 Å². The van der Waals surface area contributed by atoms with Crippen LogP contribution in [0, 0.1) is 11.8 Å². The molecule has 0 radical (unpaired) electrons. The van der Waals surface area contributed by atoms with E-state index in [0.29, 0.717) is 17.9 Å². The Balaban J connectivity index is 1.32. The Labute approximate surface area is 225 Å². The van der Waals surface area contributed by atoms with Crippen LogP contribution in [0.3, 0.4) is 0 Å². The second-order valence-electron chi connectivity index (χ2n) is 10.8. The molecule has 202 valence electrons. The largest absolute Gasteiger partial charge is 0.494 e. The molecule has 0 N–H and O–H groups in total. The van der Waals surface area contributed by atoms with Gasteiger partial charge in [0.2, 0.25) is 0 Å². The molecule has 0 amide bonds. The van der Waals surface area contributed by atoms with Gasteiger partial charge in [0.25, 0.3) is 0 Å². The fourth-order valence-electron chi connectivity index (χ4n) is 5.37. The van der Waals surface area contributed by atoms with E-state index in [9.17, 15) is 4.79 Å². The van der Waals surface area contributed by atoms with Gasteiger partial charge in [-0.15, -0.1) is 6.58 Å². The number of unbranched alkanes of at least 4 members (excludes halogenated alkanes) is 6. The van der Waals surface area contributed by atoms with E-state index >= 15 is 0 Å². The average molecular weight is 505 g/mol. The first-order chi connectivity index (χ1) is 18.2. The number of aryl methyl sites for hydroxylation is 1. The number of benzene rings is 2. The molecule has 3 nitrogen and oxygen atoms in total. The van der Waals surface area contributed by atoms with E-state index in [1.165, 1.54) is 76.2 Å². The Hall–Kier alpha value is -2.55. The Morgan fingerprint density at radius 1 is 0.811 bits per heavy atom. The molecule has 1 fully saturated rings. The standard InChI is InChI=1S/C34H48O3/c1-3-5-7-9-10-12-28-13-15-29(16-14-28)17-18-30-19-23-33(24-20-30)37-34(35)31-21-25-32(26-22-31)36-27-11-8-6-4-2/h4,19-26,28-29H,2-3,5-18,27H2,1H3. The lowest BCUT2D eigenvalue weighted by Crippen LogP contribution is -2.15. The summed E-state index contributed by atoms with van der Waals surface area (Å²) in [5.74, 6) is 2.87. The molecule has 1 aliphatic carbocycles. The van der Waals surface area contributed by atoms with Crippen molar-refractivity contribution in [2.75, 3.05) is 6.61 Å². The van der Waals surface area contributed by atoms with Crippen LogP contribution in [0.2, 0.25) is 0 Å². The van der Waals surface area contributed by atoms with Crippen molar-refractivity contribution in [3.05, 3.63) is 72.3 Å². The highest BCUT2D eigenvalue weighted by Crippen LogP contribution is 2.34. The lowest BCUT2D eigenvalue weighted by Gasteiger charge is -2.28. The summed E-state index contributed by atoms with van der Waals surface area (Å²) in [6, 6.07) is 15.2. The summed E-state index contributed by atoms with van der Waals surface area (Å²) in [6.45, 7) is 6.69. The highest BCUT2D eigenvalue weighted by atomic mass is 16.5. The highest BCUT2D eigenvalue weighted by molar-refractivity contribution is 5.91. The third kappa shape index (κ3) is 11.2. The predicted molar refractivity (Wildman–Crippen MR) is 155 cm³/mol. The molecule has 2 aromatic rings. The van der Waals surface area contributed by atoms with E-state index in [1.54, 1.807) is 12.1 Å². The summed E-state index contributed by atoms with van der Waals surface area (Å²) >= 11 is 0. The van der Waals surface area contributed by atoms with Gasteiger partial charge in [0.15, 0.2) is 0 Å². The molecule has 0 atom stereocenters. The van der Waals surface area contributed by atoms with Crippen LogP contribution in [0.1, 0.15) is 113 Å². The Morgan fingerprint density at radius 2 is 1.46 bits per heavy atom. The molecule has 1 saturated carbocycles. The quantitative estimate of drug-likeness (QED) is 0.0930. The molecular weight excluding hydrogens is 456 g/mol. The van der Waals surface area contributed by atoms with Crippen molar-refractivity contribution in [3.8, 4) is 11.5 Å². The van der Waals surface area contributed by atoms with Crippen LogP contribution in [0.5, 0.6) is 11.5 Å². The van der Waals surface area contributed by atoms with Gasteiger partial charge in [0, 0.05) is 0 Å². The third-order valence-corrected chi connectivity index (χ3v) is 7.82. The van der Waals surface area contributed by atoms with Gasteiger partial charge >= 0.3 is 5.97 Å². The van der Waals surface area contributed by atoms with Gasteiger partial charge in [-0.05, 0) is 85.9 Å². The van der Waals surface area contributed by atoms with Gasteiger partial charge in [0.1, 0.15) is 11.5 Å². The number of carbonyl (C=O) groups excluding carboxylic acids is 1. The van der Waals surface area contributed by atoms with Crippen molar-refractivity contribution < 1.29 is 14.3 Å². The monoisotopic (exact) mass is 504 g/mol. The molecule has 0 spiro atoms. The molecule has 0 aromatic heterocycles. The summed E-state index contributed by atoms with van der Waals surface area (Å²) in [6.07, 6.45) is 21.5. The van der Waals surface area contributed by atoms with Crippen molar-refractivity contribution in [3.63, 3.8) is 0 Å². The minimum Gasteiger partial charge on any atom is -0.494 e. The number of rotatable bonds is 17. The second kappa shape index (κ2) is 17.1. The number of hydrogen-bond donors (Lipinski definition) is 0. The summed E-state index contributed by atoms with van der Waals surface area (Å²) in [4.78, 5) is 12.5. The van der Waals surface area contributed by atoms with Crippen LogP contribution in [-0.4, -0.2) is 12.6 Å².